The number of ether oxygens (including phenoxy) is 1. The molecule has 9 heteroatoms. The van der Waals surface area contributed by atoms with Crippen molar-refractivity contribution in [1.82, 2.24) is 29.6 Å². The molecule has 0 spiro atoms. The monoisotopic (exact) mass is 431 g/mol. The van der Waals surface area contributed by atoms with E-state index in [0.717, 1.165) is 35.4 Å². The Morgan fingerprint density at radius 2 is 1.97 bits per heavy atom. The number of amides is 1. The van der Waals surface area contributed by atoms with Gasteiger partial charge < -0.3 is 10.1 Å². The quantitative estimate of drug-likeness (QED) is 0.469. The highest BCUT2D eigenvalue weighted by Crippen LogP contribution is 2.43. The standard InChI is InChI=1S/C23H25N7O2/c1-4-5-12-32-18-9-7-6-8-16(18)17-13-21(31)24-23-22(17)14(2)27-30(23)20-11-10-19-26-25-15(3)29(19)28-20/h6-11,17H,4-5,12-13H2,1-3H3,(H,24,31)/t17-/m0/s1. The van der Waals surface area contributed by atoms with Gasteiger partial charge in [-0.1, -0.05) is 31.5 Å². The van der Waals surface area contributed by atoms with Crippen molar-refractivity contribution in [3.63, 3.8) is 0 Å². The second-order valence-corrected chi connectivity index (χ2v) is 8.01. The van der Waals surface area contributed by atoms with Crippen LogP contribution in [0.4, 0.5) is 5.82 Å². The second-order valence-electron chi connectivity index (χ2n) is 8.01. The number of carbonyl (C=O) groups excluding carboxylic acids is 1. The molecule has 0 fully saturated rings. The fraction of sp³-hybridized carbons (Fsp3) is 0.348. The Labute approximate surface area is 185 Å². The molecule has 5 rings (SSSR count). The van der Waals surface area contributed by atoms with Gasteiger partial charge in [0, 0.05) is 23.5 Å². The first-order valence-corrected chi connectivity index (χ1v) is 10.9. The Kier molecular flexibility index (Phi) is 5.08. The zero-order valence-electron chi connectivity index (χ0n) is 18.4. The molecule has 0 saturated heterocycles. The summed E-state index contributed by atoms with van der Waals surface area (Å²) < 4.78 is 9.43. The Balaban J connectivity index is 1.61. The summed E-state index contributed by atoms with van der Waals surface area (Å²) in [5, 5.41) is 20.5. The fourth-order valence-corrected chi connectivity index (χ4v) is 4.20. The van der Waals surface area contributed by atoms with E-state index in [9.17, 15) is 4.79 Å². The normalized spacial score (nSPS) is 15.6. The molecule has 0 aliphatic carbocycles. The number of carbonyl (C=O) groups is 1. The van der Waals surface area contributed by atoms with Crippen molar-refractivity contribution in [2.45, 2.75) is 46.0 Å². The van der Waals surface area contributed by atoms with Gasteiger partial charge in [-0.25, -0.2) is 0 Å². The van der Waals surface area contributed by atoms with Crippen molar-refractivity contribution in [3.05, 3.63) is 59.0 Å². The van der Waals surface area contributed by atoms with E-state index in [0.29, 0.717) is 36.1 Å². The lowest BCUT2D eigenvalue weighted by Crippen LogP contribution is -2.25. The third-order valence-corrected chi connectivity index (χ3v) is 5.77. The average molecular weight is 432 g/mol. The number of hydrogen-bond acceptors (Lipinski definition) is 6. The Morgan fingerprint density at radius 3 is 2.81 bits per heavy atom. The van der Waals surface area contributed by atoms with E-state index in [2.05, 4.69) is 27.5 Å². The van der Waals surface area contributed by atoms with Gasteiger partial charge in [0.2, 0.25) is 5.91 Å². The van der Waals surface area contributed by atoms with Crippen molar-refractivity contribution in [2.24, 2.45) is 0 Å². The van der Waals surface area contributed by atoms with Crippen LogP contribution in [0.15, 0.2) is 36.4 Å². The highest BCUT2D eigenvalue weighted by molar-refractivity contribution is 5.95. The fourth-order valence-electron chi connectivity index (χ4n) is 4.20. The summed E-state index contributed by atoms with van der Waals surface area (Å²) in [6, 6.07) is 11.6. The molecular formula is C23H25N7O2. The van der Waals surface area contributed by atoms with E-state index in [4.69, 9.17) is 9.84 Å². The van der Waals surface area contributed by atoms with Gasteiger partial charge in [-0.15, -0.1) is 15.3 Å². The van der Waals surface area contributed by atoms with Crippen LogP contribution in [0.2, 0.25) is 0 Å². The lowest BCUT2D eigenvalue weighted by atomic mass is 9.85. The molecule has 3 aromatic heterocycles. The van der Waals surface area contributed by atoms with Gasteiger partial charge in [-0.3, -0.25) is 4.79 Å². The van der Waals surface area contributed by atoms with E-state index >= 15 is 0 Å². The van der Waals surface area contributed by atoms with Crippen LogP contribution in [0.25, 0.3) is 11.5 Å². The number of fused-ring (bicyclic) bond motifs is 2. The number of rotatable bonds is 6. The van der Waals surface area contributed by atoms with Gasteiger partial charge in [0.05, 0.1) is 12.3 Å². The number of anilines is 1. The predicted molar refractivity (Wildman–Crippen MR) is 119 cm³/mol. The number of benzene rings is 1. The molecule has 1 N–H and O–H groups in total. The van der Waals surface area contributed by atoms with Gasteiger partial charge in [-0.05, 0) is 38.5 Å². The molecule has 1 aliphatic rings. The smallest absolute Gasteiger partial charge is 0.226 e. The molecule has 0 radical (unpaired) electrons. The lowest BCUT2D eigenvalue weighted by molar-refractivity contribution is -0.116. The molecule has 1 aliphatic heterocycles. The number of nitrogens with zero attached hydrogens (tertiary/aromatic N) is 6. The van der Waals surface area contributed by atoms with Gasteiger partial charge in [-0.2, -0.15) is 14.3 Å². The minimum absolute atomic E-state index is 0.0615. The number of aromatic nitrogens is 6. The van der Waals surface area contributed by atoms with Crippen molar-refractivity contribution in [2.75, 3.05) is 11.9 Å². The first-order chi connectivity index (χ1) is 15.6. The third-order valence-electron chi connectivity index (χ3n) is 5.77. The molecule has 0 bridgehead atoms. The topological polar surface area (TPSA) is 99.2 Å². The van der Waals surface area contributed by atoms with Crippen LogP contribution in [-0.4, -0.2) is 42.1 Å². The van der Waals surface area contributed by atoms with E-state index in [1.807, 2.05) is 50.2 Å². The molecule has 164 valence electrons. The molecule has 1 aromatic carbocycles. The first-order valence-electron chi connectivity index (χ1n) is 10.9. The summed E-state index contributed by atoms with van der Waals surface area (Å²) >= 11 is 0. The number of unbranched alkanes of at least 4 members (excludes halogenated alkanes) is 1. The number of para-hydroxylation sites is 1. The van der Waals surface area contributed by atoms with E-state index in [1.54, 1.807) is 9.20 Å². The summed E-state index contributed by atoms with van der Waals surface area (Å²) in [7, 11) is 0. The number of hydrogen-bond donors (Lipinski definition) is 1. The lowest BCUT2D eigenvalue weighted by Gasteiger charge is -2.26. The molecule has 1 atom stereocenters. The summed E-state index contributed by atoms with van der Waals surface area (Å²) in [5.74, 6) is 2.51. The van der Waals surface area contributed by atoms with Gasteiger partial charge in [0.1, 0.15) is 11.6 Å². The molecule has 9 nitrogen and oxygen atoms in total. The highest BCUT2D eigenvalue weighted by atomic mass is 16.5. The molecule has 4 aromatic rings. The van der Waals surface area contributed by atoms with E-state index in [1.165, 1.54) is 0 Å². The summed E-state index contributed by atoms with van der Waals surface area (Å²) in [6.07, 6.45) is 2.39. The number of aryl methyl sites for hydroxylation is 2. The third kappa shape index (κ3) is 3.39. The van der Waals surface area contributed by atoms with Crippen molar-refractivity contribution in [1.29, 1.82) is 0 Å². The van der Waals surface area contributed by atoms with Crippen LogP contribution in [0.3, 0.4) is 0 Å². The van der Waals surface area contributed by atoms with E-state index in [-0.39, 0.29) is 11.8 Å². The van der Waals surface area contributed by atoms with Gasteiger partial charge in [0.25, 0.3) is 0 Å². The Morgan fingerprint density at radius 1 is 1.12 bits per heavy atom. The van der Waals surface area contributed by atoms with Crippen molar-refractivity contribution < 1.29 is 9.53 Å². The van der Waals surface area contributed by atoms with Crippen LogP contribution in [0, 0.1) is 13.8 Å². The van der Waals surface area contributed by atoms with Gasteiger partial charge in [0.15, 0.2) is 17.3 Å². The van der Waals surface area contributed by atoms with Crippen LogP contribution < -0.4 is 10.1 Å². The zero-order valence-corrected chi connectivity index (χ0v) is 18.4. The predicted octanol–water partition coefficient (Wildman–Crippen LogP) is 3.58. The zero-order chi connectivity index (χ0) is 22.2. The minimum Gasteiger partial charge on any atom is -0.493 e. The Bertz CT molecular complexity index is 1310. The second kappa shape index (κ2) is 8.07. The molecule has 0 unspecified atom stereocenters. The minimum atomic E-state index is -0.147. The molecule has 1 amide bonds. The molecule has 32 heavy (non-hydrogen) atoms. The van der Waals surface area contributed by atoms with Crippen molar-refractivity contribution in [3.8, 4) is 11.6 Å². The van der Waals surface area contributed by atoms with Crippen molar-refractivity contribution >= 4 is 17.4 Å². The number of nitrogens with one attached hydrogen (secondary N) is 1. The maximum Gasteiger partial charge on any atom is 0.226 e. The van der Waals surface area contributed by atoms with Crippen LogP contribution in [-0.2, 0) is 4.79 Å². The average Bonchev–Trinajstić information content (AvgIpc) is 3.33. The van der Waals surface area contributed by atoms with Crippen LogP contribution >= 0.6 is 0 Å². The summed E-state index contributed by atoms with van der Waals surface area (Å²) in [6.45, 7) is 6.59. The van der Waals surface area contributed by atoms with Crippen LogP contribution in [0.5, 0.6) is 5.75 Å². The van der Waals surface area contributed by atoms with Gasteiger partial charge >= 0.3 is 0 Å². The largest absolute Gasteiger partial charge is 0.493 e. The maximum absolute atomic E-state index is 12.8. The summed E-state index contributed by atoms with van der Waals surface area (Å²) in [4.78, 5) is 12.8. The van der Waals surface area contributed by atoms with Crippen LogP contribution in [0.1, 0.15) is 54.7 Å². The molecule has 4 heterocycles. The molecular weight excluding hydrogens is 406 g/mol. The molecule has 0 saturated carbocycles. The summed E-state index contributed by atoms with van der Waals surface area (Å²) in [5.41, 5.74) is 3.48. The first kappa shape index (κ1) is 20.2. The maximum atomic E-state index is 12.8. The highest BCUT2D eigenvalue weighted by Gasteiger charge is 2.34. The Hall–Kier alpha value is -3.75. The van der Waals surface area contributed by atoms with E-state index < -0.39 is 0 Å². The SMILES string of the molecule is CCCCOc1ccccc1[C@@H]1CC(=O)Nc2c1c(C)nn2-c1ccc2nnc(C)n2n1.